The predicted octanol–water partition coefficient (Wildman–Crippen LogP) is 3.06. The van der Waals surface area contributed by atoms with Crippen molar-refractivity contribution < 1.29 is 4.79 Å². The van der Waals surface area contributed by atoms with E-state index in [1.165, 1.54) is 6.08 Å². The number of benzene rings is 2. The third-order valence-corrected chi connectivity index (χ3v) is 2.58. The number of nitrogens with two attached hydrogens (primary N) is 1. The van der Waals surface area contributed by atoms with Gasteiger partial charge in [-0.3, -0.25) is 4.79 Å². The fraction of sp³-hybridized carbons (Fsp3) is 0. The minimum Gasteiger partial charge on any atom is -0.399 e. The number of carbonyl (C=O) groups is 1. The molecular formula is C15H14N2O. The average molecular weight is 238 g/mol. The molecule has 0 radical (unpaired) electrons. The van der Waals surface area contributed by atoms with Gasteiger partial charge in [-0.25, -0.2) is 0 Å². The Hall–Kier alpha value is -2.55. The molecule has 0 bridgehead atoms. The van der Waals surface area contributed by atoms with Gasteiger partial charge in [0.25, 0.3) is 0 Å². The van der Waals surface area contributed by atoms with Gasteiger partial charge in [0.05, 0.1) is 0 Å². The first-order chi connectivity index (χ1) is 8.69. The largest absolute Gasteiger partial charge is 0.399 e. The van der Waals surface area contributed by atoms with Gasteiger partial charge in [0, 0.05) is 11.4 Å². The van der Waals surface area contributed by atoms with Gasteiger partial charge < -0.3 is 11.1 Å². The van der Waals surface area contributed by atoms with Crippen LogP contribution in [-0.2, 0) is 4.79 Å². The number of hydrogen-bond acceptors (Lipinski definition) is 2. The van der Waals surface area contributed by atoms with E-state index < -0.39 is 0 Å². The standard InChI is InChI=1S/C15H14N2O/c1-2-15(18)17-14-9-5-12(6-10-14)11-3-7-13(16)8-4-11/h2-10H,1,16H2,(H,17,18). The van der Waals surface area contributed by atoms with Crippen molar-refractivity contribution >= 4 is 17.3 Å². The van der Waals surface area contributed by atoms with Crippen molar-refractivity contribution in [1.29, 1.82) is 0 Å². The van der Waals surface area contributed by atoms with Crippen molar-refractivity contribution in [3.8, 4) is 11.1 Å². The molecular weight excluding hydrogens is 224 g/mol. The summed E-state index contributed by atoms with van der Waals surface area (Å²) in [5.74, 6) is -0.213. The molecule has 0 atom stereocenters. The molecule has 0 aromatic heterocycles. The average Bonchev–Trinajstić information content (AvgIpc) is 2.40. The molecule has 0 spiro atoms. The maximum absolute atomic E-state index is 11.1. The number of nitrogens with one attached hydrogen (secondary N) is 1. The minimum atomic E-state index is -0.213. The Labute approximate surface area is 106 Å². The topological polar surface area (TPSA) is 55.1 Å². The number of anilines is 2. The lowest BCUT2D eigenvalue weighted by molar-refractivity contribution is -0.111. The van der Waals surface area contributed by atoms with Crippen LogP contribution in [-0.4, -0.2) is 5.91 Å². The maximum Gasteiger partial charge on any atom is 0.247 e. The van der Waals surface area contributed by atoms with Crippen LogP contribution in [0.25, 0.3) is 11.1 Å². The van der Waals surface area contributed by atoms with Crippen LogP contribution < -0.4 is 11.1 Å². The van der Waals surface area contributed by atoms with Crippen LogP contribution in [0, 0.1) is 0 Å². The van der Waals surface area contributed by atoms with Crippen molar-refractivity contribution in [3.05, 3.63) is 61.2 Å². The fourth-order valence-corrected chi connectivity index (χ4v) is 1.61. The molecule has 90 valence electrons. The van der Waals surface area contributed by atoms with Crippen molar-refractivity contribution in [1.82, 2.24) is 0 Å². The molecule has 0 heterocycles. The third-order valence-electron chi connectivity index (χ3n) is 2.58. The van der Waals surface area contributed by atoms with Crippen LogP contribution >= 0.6 is 0 Å². The summed E-state index contributed by atoms with van der Waals surface area (Å²) in [7, 11) is 0. The van der Waals surface area contributed by atoms with E-state index in [1.807, 2.05) is 48.5 Å². The molecule has 0 aliphatic heterocycles. The quantitative estimate of drug-likeness (QED) is 0.637. The van der Waals surface area contributed by atoms with Crippen molar-refractivity contribution in [2.24, 2.45) is 0 Å². The Kier molecular flexibility index (Phi) is 3.44. The molecule has 0 aliphatic rings. The Balaban J connectivity index is 2.19. The molecule has 0 aliphatic carbocycles. The molecule has 3 heteroatoms. The van der Waals surface area contributed by atoms with Gasteiger partial charge in [0.2, 0.25) is 5.91 Å². The van der Waals surface area contributed by atoms with Gasteiger partial charge in [-0.2, -0.15) is 0 Å². The summed E-state index contributed by atoms with van der Waals surface area (Å²) in [5.41, 5.74) is 9.30. The number of rotatable bonds is 3. The van der Waals surface area contributed by atoms with Gasteiger partial charge in [0.15, 0.2) is 0 Å². The van der Waals surface area contributed by atoms with Crippen LogP contribution in [0.5, 0.6) is 0 Å². The van der Waals surface area contributed by atoms with Gasteiger partial charge >= 0.3 is 0 Å². The smallest absolute Gasteiger partial charge is 0.247 e. The lowest BCUT2D eigenvalue weighted by atomic mass is 10.1. The van der Waals surface area contributed by atoms with Crippen LogP contribution in [0.15, 0.2) is 61.2 Å². The summed E-state index contributed by atoms with van der Waals surface area (Å²) < 4.78 is 0. The van der Waals surface area contributed by atoms with Gasteiger partial charge in [0.1, 0.15) is 0 Å². The molecule has 0 unspecified atom stereocenters. The highest BCUT2D eigenvalue weighted by molar-refractivity contribution is 5.98. The number of amides is 1. The second-order valence-corrected chi connectivity index (χ2v) is 3.89. The highest BCUT2D eigenvalue weighted by Crippen LogP contribution is 2.22. The fourth-order valence-electron chi connectivity index (χ4n) is 1.61. The zero-order valence-corrected chi connectivity index (χ0v) is 9.89. The van der Waals surface area contributed by atoms with E-state index in [0.29, 0.717) is 0 Å². The molecule has 0 fully saturated rings. The zero-order chi connectivity index (χ0) is 13.0. The van der Waals surface area contributed by atoms with E-state index in [9.17, 15) is 4.79 Å². The first kappa shape index (κ1) is 11.9. The first-order valence-electron chi connectivity index (χ1n) is 5.58. The van der Waals surface area contributed by atoms with Crippen LogP contribution in [0.3, 0.4) is 0 Å². The van der Waals surface area contributed by atoms with Crippen LogP contribution in [0.1, 0.15) is 0 Å². The molecule has 0 saturated carbocycles. The Morgan fingerprint density at radius 1 is 1.00 bits per heavy atom. The highest BCUT2D eigenvalue weighted by atomic mass is 16.1. The predicted molar refractivity (Wildman–Crippen MR) is 75.1 cm³/mol. The zero-order valence-electron chi connectivity index (χ0n) is 9.89. The van der Waals surface area contributed by atoms with E-state index >= 15 is 0 Å². The first-order valence-corrected chi connectivity index (χ1v) is 5.58. The second-order valence-electron chi connectivity index (χ2n) is 3.89. The summed E-state index contributed by atoms with van der Waals surface area (Å²) in [5, 5.41) is 2.70. The lowest BCUT2D eigenvalue weighted by Crippen LogP contribution is -2.06. The van der Waals surface area contributed by atoms with Crippen molar-refractivity contribution in [2.75, 3.05) is 11.1 Å². The minimum absolute atomic E-state index is 0.213. The summed E-state index contributed by atoms with van der Waals surface area (Å²) in [6.45, 7) is 3.41. The van der Waals surface area contributed by atoms with E-state index in [2.05, 4.69) is 11.9 Å². The van der Waals surface area contributed by atoms with E-state index in [4.69, 9.17) is 5.73 Å². The summed E-state index contributed by atoms with van der Waals surface area (Å²) >= 11 is 0. The molecule has 2 aromatic rings. The SMILES string of the molecule is C=CC(=O)Nc1ccc(-c2ccc(N)cc2)cc1. The Morgan fingerprint density at radius 3 is 2.00 bits per heavy atom. The highest BCUT2D eigenvalue weighted by Gasteiger charge is 1.99. The van der Waals surface area contributed by atoms with Crippen molar-refractivity contribution in [3.63, 3.8) is 0 Å². The molecule has 2 aromatic carbocycles. The van der Waals surface area contributed by atoms with Crippen LogP contribution in [0.4, 0.5) is 11.4 Å². The number of carbonyl (C=O) groups excluding carboxylic acids is 1. The second kappa shape index (κ2) is 5.19. The molecule has 2 rings (SSSR count). The molecule has 18 heavy (non-hydrogen) atoms. The van der Waals surface area contributed by atoms with Crippen molar-refractivity contribution in [2.45, 2.75) is 0 Å². The maximum atomic E-state index is 11.1. The lowest BCUT2D eigenvalue weighted by Gasteiger charge is -2.05. The van der Waals surface area contributed by atoms with Gasteiger partial charge in [-0.05, 0) is 41.5 Å². The number of nitrogen functional groups attached to an aromatic ring is 1. The van der Waals surface area contributed by atoms with E-state index in [0.717, 1.165) is 22.5 Å². The van der Waals surface area contributed by atoms with Gasteiger partial charge in [-0.15, -0.1) is 0 Å². The normalized spacial score (nSPS) is 9.78. The molecule has 1 amide bonds. The summed E-state index contributed by atoms with van der Waals surface area (Å²) in [6, 6.07) is 15.3. The van der Waals surface area contributed by atoms with E-state index in [1.54, 1.807) is 0 Å². The summed E-state index contributed by atoms with van der Waals surface area (Å²) in [4.78, 5) is 11.1. The third kappa shape index (κ3) is 2.77. The van der Waals surface area contributed by atoms with E-state index in [-0.39, 0.29) is 5.91 Å². The summed E-state index contributed by atoms with van der Waals surface area (Å²) in [6.07, 6.45) is 1.24. The van der Waals surface area contributed by atoms with Crippen LogP contribution in [0.2, 0.25) is 0 Å². The Bertz CT molecular complexity index is 556. The number of hydrogen-bond donors (Lipinski definition) is 2. The monoisotopic (exact) mass is 238 g/mol. The molecule has 3 N–H and O–H groups in total. The molecule has 3 nitrogen and oxygen atoms in total. The van der Waals surface area contributed by atoms with Gasteiger partial charge in [-0.1, -0.05) is 30.8 Å². The molecule has 0 saturated heterocycles. The Morgan fingerprint density at radius 2 is 1.50 bits per heavy atom.